The summed E-state index contributed by atoms with van der Waals surface area (Å²) in [6.45, 7) is 0.768. The molecule has 0 bridgehead atoms. The molecular weight excluding hydrogens is 354 g/mol. The van der Waals surface area contributed by atoms with Gasteiger partial charge in [-0.25, -0.2) is 4.98 Å². The zero-order chi connectivity index (χ0) is 15.4. The highest BCUT2D eigenvalue weighted by Crippen LogP contribution is 2.23. The lowest BCUT2D eigenvalue weighted by Gasteiger charge is -2.19. The highest BCUT2D eigenvalue weighted by atomic mass is 79.9. The number of carbonyl (C=O) groups excluding carboxylic acids is 1. The molecule has 2 rings (SSSR count). The Morgan fingerprint density at radius 3 is 2.62 bits per heavy atom. The molecule has 6 heteroatoms. The Morgan fingerprint density at radius 2 is 2.05 bits per heavy atom. The molecule has 0 spiro atoms. The molecule has 0 unspecified atom stereocenters. The summed E-state index contributed by atoms with van der Waals surface area (Å²) in [5, 5.41) is 0.421. The lowest BCUT2D eigenvalue weighted by Crippen LogP contribution is -2.22. The van der Waals surface area contributed by atoms with Crippen molar-refractivity contribution < 1.29 is 4.79 Å². The first-order valence-corrected chi connectivity index (χ1v) is 7.55. The van der Waals surface area contributed by atoms with E-state index >= 15 is 0 Å². The highest BCUT2D eigenvalue weighted by Gasteiger charge is 2.11. The van der Waals surface area contributed by atoms with Crippen molar-refractivity contribution in [2.75, 3.05) is 18.5 Å². The number of benzene rings is 1. The number of anilines is 1. The number of primary amides is 1. The maximum absolute atomic E-state index is 11.1. The van der Waals surface area contributed by atoms with Crippen LogP contribution in [0.25, 0.3) is 0 Å². The Labute approximate surface area is 137 Å². The van der Waals surface area contributed by atoms with Crippen LogP contribution in [0.3, 0.4) is 0 Å². The number of carbonyl (C=O) groups is 1. The number of hydrogen-bond acceptors (Lipinski definition) is 3. The Balaban J connectivity index is 2.04. The van der Waals surface area contributed by atoms with Crippen LogP contribution in [0.15, 0.2) is 41.0 Å². The van der Waals surface area contributed by atoms with Crippen LogP contribution < -0.4 is 10.6 Å². The summed E-state index contributed by atoms with van der Waals surface area (Å²) in [6.07, 6.45) is 2.32. The van der Waals surface area contributed by atoms with E-state index in [-0.39, 0.29) is 0 Å². The molecule has 0 aliphatic rings. The Hall–Kier alpha value is -1.59. The number of nitrogens with zero attached hydrogens (tertiary/aromatic N) is 2. The average Bonchev–Trinajstić information content (AvgIpc) is 2.46. The first kappa shape index (κ1) is 15.8. The lowest BCUT2D eigenvalue weighted by molar-refractivity contribution is 0.1000. The van der Waals surface area contributed by atoms with Crippen LogP contribution in [-0.2, 0) is 6.42 Å². The zero-order valence-electron chi connectivity index (χ0n) is 11.5. The van der Waals surface area contributed by atoms with Crippen LogP contribution in [0.5, 0.6) is 0 Å². The number of hydrogen-bond donors (Lipinski definition) is 1. The number of likely N-dealkylation sites (N-methyl/N-ethyl adjacent to an activating group) is 1. The van der Waals surface area contributed by atoms with Gasteiger partial charge in [-0.1, -0.05) is 39.7 Å². The van der Waals surface area contributed by atoms with E-state index in [9.17, 15) is 4.79 Å². The minimum atomic E-state index is -0.534. The third kappa shape index (κ3) is 4.19. The normalized spacial score (nSPS) is 10.4. The Morgan fingerprint density at radius 1 is 1.38 bits per heavy atom. The molecular formula is C15H15BrClN3O. The molecule has 0 fully saturated rings. The summed E-state index contributed by atoms with van der Waals surface area (Å²) < 4.78 is 1.06. The molecule has 2 aromatic rings. The van der Waals surface area contributed by atoms with Gasteiger partial charge in [0.1, 0.15) is 5.82 Å². The summed E-state index contributed by atoms with van der Waals surface area (Å²) in [5.41, 5.74) is 6.74. The van der Waals surface area contributed by atoms with E-state index in [1.165, 1.54) is 11.8 Å². The van der Waals surface area contributed by atoms with Gasteiger partial charge in [-0.15, -0.1) is 0 Å². The van der Waals surface area contributed by atoms with Gasteiger partial charge in [-0.2, -0.15) is 0 Å². The van der Waals surface area contributed by atoms with Crippen LogP contribution in [0, 0.1) is 0 Å². The monoisotopic (exact) mass is 367 g/mol. The molecule has 2 N–H and O–H groups in total. The van der Waals surface area contributed by atoms with E-state index in [1.807, 2.05) is 24.1 Å². The zero-order valence-corrected chi connectivity index (χ0v) is 13.9. The van der Waals surface area contributed by atoms with Gasteiger partial charge >= 0.3 is 0 Å². The second kappa shape index (κ2) is 6.91. The second-order valence-corrected chi connectivity index (χ2v) is 6.01. The van der Waals surface area contributed by atoms with Crippen LogP contribution in [0.4, 0.5) is 5.82 Å². The van der Waals surface area contributed by atoms with Gasteiger partial charge in [0.05, 0.1) is 10.6 Å². The molecule has 1 aromatic heterocycles. The largest absolute Gasteiger partial charge is 0.366 e. The van der Waals surface area contributed by atoms with Gasteiger partial charge in [-0.05, 0) is 30.2 Å². The summed E-state index contributed by atoms with van der Waals surface area (Å²) in [7, 11) is 1.91. The average molecular weight is 369 g/mol. The van der Waals surface area contributed by atoms with Crippen molar-refractivity contribution >= 4 is 39.3 Å². The van der Waals surface area contributed by atoms with Gasteiger partial charge < -0.3 is 10.6 Å². The molecule has 4 nitrogen and oxygen atoms in total. The number of amides is 1. The third-order valence-corrected chi connectivity index (χ3v) is 3.92. The second-order valence-electron chi connectivity index (χ2n) is 4.69. The number of halogens is 2. The molecule has 0 aliphatic heterocycles. The predicted octanol–water partition coefficient (Wildman–Crippen LogP) is 3.28. The van der Waals surface area contributed by atoms with E-state index in [1.54, 1.807) is 6.07 Å². The molecule has 1 amide bonds. The fraction of sp³-hybridized carbons (Fsp3) is 0.200. The maximum atomic E-state index is 11.1. The van der Waals surface area contributed by atoms with Gasteiger partial charge in [0, 0.05) is 24.3 Å². The van der Waals surface area contributed by atoms with E-state index < -0.39 is 5.91 Å². The standard InChI is InChI=1S/C15H15BrClN3O/c1-20(7-6-10-2-4-12(16)5-3-10)15-13(17)8-11(9-19-15)14(18)21/h2-5,8-9H,6-7H2,1H3,(H2,18,21). The maximum Gasteiger partial charge on any atom is 0.250 e. The fourth-order valence-corrected chi connectivity index (χ4v) is 2.48. The quantitative estimate of drug-likeness (QED) is 0.881. The predicted molar refractivity (Wildman–Crippen MR) is 88.9 cm³/mol. The molecule has 0 atom stereocenters. The summed E-state index contributed by atoms with van der Waals surface area (Å²) >= 11 is 9.57. The number of nitrogens with two attached hydrogens (primary N) is 1. The lowest BCUT2D eigenvalue weighted by atomic mass is 10.1. The number of rotatable bonds is 5. The van der Waals surface area contributed by atoms with Gasteiger partial charge in [0.2, 0.25) is 5.91 Å². The Kier molecular flexibility index (Phi) is 5.20. The van der Waals surface area contributed by atoms with Gasteiger partial charge in [-0.3, -0.25) is 4.79 Å². The SMILES string of the molecule is CN(CCc1ccc(Br)cc1)c1ncc(C(N)=O)cc1Cl. The van der Waals surface area contributed by atoms with Crippen molar-refractivity contribution in [3.05, 3.63) is 57.2 Å². The first-order valence-electron chi connectivity index (χ1n) is 6.38. The van der Waals surface area contributed by atoms with E-state index in [4.69, 9.17) is 17.3 Å². The molecule has 0 aliphatic carbocycles. The van der Waals surface area contributed by atoms with E-state index in [2.05, 4.69) is 33.0 Å². The van der Waals surface area contributed by atoms with Gasteiger partial charge in [0.15, 0.2) is 0 Å². The molecule has 0 saturated carbocycles. The van der Waals surface area contributed by atoms with Crippen LogP contribution in [-0.4, -0.2) is 24.5 Å². The van der Waals surface area contributed by atoms with Crippen molar-refractivity contribution in [3.63, 3.8) is 0 Å². The summed E-state index contributed by atoms with van der Waals surface area (Å²) in [6, 6.07) is 9.72. The van der Waals surface area contributed by atoms with Crippen molar-refractivity contribution in [3.8, 4) is 0 Å². The van der Waals surface area contributed by atoms with Gasteiger partial charge in [0.25, 0.3) is 0 Å². The topological polar surface area (TPSA) is 59.2 Å². The molecule has 1 aromatic carbocycles. The highest BCUT2D eigenvalue weighted by molar-refractivity contribution is 9.10. The summed E-state index contributed by atoms with van der Waals surface area (Å²) in [4.78, 5) is 17.2. The summed E-state index contributed by atoms with van der Waals surface area (Å²) in [5.74, 6) is 0.104. The smallest absolute Gasteiger partial charge is 0.250 e. The molecule has 110 valence electrons. The van der Waals surface area contributed by atoms with Crippen LogP contribution in [0.2, 0.25) is 5.02 Å². The minimum Gasteiger partial charge on any atom is -0.366 e. The molecule has 0 radical (unpaired) electrons. The van der Waals surface area contributed by atoms with Crippen LogP contribution >= 0.6 is 27.5 Å². The van der Waals surface area contributed by atoms with Crippen molar-refractivity contribution in [1.82, 2.24) is 4.98 Å². The molecule has 21 heavy (non-hydrogen) atoms. The minimum absolute atomic E-state index is 0.310. The molecule has 0 saturated heterocycles. The van der Waals surface area contributed by atoms with E-state index in [0.717, 1.165) is 17.4 Å². The molecule has 1 heterocycles. The fourth-order valence-electron chi connectivity index (χ4n) is 1.90. The third-order valence-electron chi connectivity index (χ3n) is 3.12. The van der Waals surface area contributed by atoms with E-state index in [0.29, 0.717) is 16.4 Å². The van der Waals surface area contributed by atoms with Crippen molar-refractivity contribution in [2.45, 2.75) is 6.42 Å². The number of aromatic nitrogens is 1. The number of pyridine rings is 1. The van der Waals surface area contributed by atoms with Crippen LogP contribution in [0.1, 0.15) is 15.9 Å². The van der Waals surface area contributed by atoms with Crippen molar-refractivity contribution in [1.29, 1.82) is 0 Å². The van der Waals surface area contributed by atoms with Crippen molar-refractivity contribution in [2.24, 2.45) is 5.73 Å². The first-order chi connectivity index (χ1) is 9.97. The Bertz CT molecular complexity index is 646.